The van der Waals surface area contributed by atoms with Crippen molar-refractivity contribution < 1.29 is 9.53 Å². The Hall–Kier alpha value is -2.96. The van der Waals surface area contributed by atoms with Gasteiger partial charge in [-0.05, 0) is 74.7 Å². The Labute approximate surface area is 196 Å². The number of aryl methyl sites for hydroxylation is 2. The van der Waals surface area contributed by atoms with Crippen LogP contribution in [0.15, 0.2) is 60.9 Å². The molecule has 2 aromatic heterocycles. The smallest absolute Gasteiger partial charge is 0.272 e. The Morgan fingerprint density at radius 3 is 2.47 bits per heavy atom. The van der Waals surface area contributed by atoms with Crippen LogP contribution in [0.1, 0.15) is 30.5 Å². The van der Waals surface area contributed by atoms with E-state index >= 15 is 0 Å². The molecule has 32 heavy (non-hydrogen) atoms. The van der Waals surface area contributed by atoms with E-state index in [1.807, 2.05) is 19.1 Å². The van der Waals surface area contributed by atoms with Gasteiger partial charge in [-0.2, -0.15) is 0 Å². The summed E-state index contributed by atoms with van der Waals surface area (Å²) in [6, 6.07) is 14.9. The number of pyridine rings is 1. The minimum absolute atomic E-state index is 0.189. The van der Waals surface area contributed by atoms with Gasteiger partial charge in [0.1, 0.15) is 5.75 Å². The maximum atomic E-state index is 13.8. The van der Waals surface area contributed by atoms with Crippen molar-refractivity contribution in [3.05, 3.63) is 82.6 Å². The Kier molecular flexibility index (Phi) is 6.17. The first-order valence-electron chi connectivity index (χ1n) is 10.3. The fraction of sp³-hybridized carbons (Fsp3) is 0.240. The lowest BCUT2D eigenvalue weighted by Gasteiger charge is -2.31. The summed E-state index contributed by atoms with van der Waals surface area (Å²) in [6.07, 6.45) is 3.48. The molecule has 1 amide bonds. The van der Waals surface area contributed by atoms with Crippen molar-refractivity contribution in [2.75, 3.05) is 4.90 Å². The van der Waals surface area contributed by atoms with Crippen LogP contribution >= 0.6 is 22.9 Å². The highest BCUT2D eigenvalue weighted by Crippen LogP contribution is 2.35. The molecule has 7 heteroatoms. The molecule has 4 aromatic rings. The predicted octanol–water partition coefficient (Wildman–Crippen LogP) is 6.35. The summed E-state index contributed by atoms with van der Waals surface area (Å²) in [5, 5.41) is 1.25. The van der Waals surface area contributed by atoms with Crippen LogP contribution in [0.3, 0.4) is 0 Å². The Morgan fingerprint density at radius 2 is 1.81 bits per heavy atom. The van der Waals surface area contributed by atoms with Crippen molar-refractivity contribution in [1.82, 2.24) is 9.97 Å². The number of thiazole rings is 1. The summed E-state index contributed by atoms with van der Waals surface area (Å²) >= 11 is 7.51. The SMILES string of the molecule is Cc1ccc(C)c2sc(N(Cc3cccnc3)C(=O)C(C)(C)Oc3ccc(Cl)cc3)nc12. The molecule has 0 fully saturated rings. The predicted molar refractivity (Wildman–Crippen MR) is 131 cm³/mol. The molecule has 164 valence electrons. The van der Waals surface area contributed by atoms with E-state index in [1.165, 1.54) is 11.3 Å². The third-order valence-electron chi connectivity index (χ3n) is 5.17. The summed E-state index contributed by atoms with van der Waals surface area (Å²) in [5.74, 6) is 0.385. The highest BCUT2D eigenvalue weighted by Gasteiger charge is 2.36. The number of carbonyl (C=O) groups excluding carboxylic acids is 1. The summed E-state index contributed by atoms with van der Waals surface area (Å²) in [6.45, 7) is 7.97. The van der Waals surface area contributed by atoms with Gasteiger partial charge in [-0.1, -0.05) is 41.1 Å². The van der Waals surface area contributed by atoms with Gasteiger partial charge in [0, 0.05) is 17.4 Å². The number of halogens is 1. The minimum Gasteiger partial charge on any atom is -0.478 e. The Balaban J connectivity index is 1.73. The van der Waals surface area contributed by atoms with Crippen molar-refractivity contribution in [3.63, 3.8) is 0 Å². The molecule has 0 aliphatic carbocycles. The molecular weight excluding hydrogens is 442 g/mol. The second-order valence-corrected chi connectivity index (χ2v) is 9.61. The number of anilines is 1. The molecule has 0 unspecified atom stereocenters. The lowest BCUT2D eigenvalue weighted by atomic mass is 10.1. The molecule has 2 aromatic carbocycles. The third kappa shape index (κ3) is 4.61. The number of hydrogen-bond acceptors (Lipinski definition) is 5. The summed E-state index contributed by atoms with van der Waals surface area (Å²) in [4.78, 5) is 24.6. The number of hydrogen-bond donors (Lipinski definition) is 0. The molecule has 0 bridgehead atoms. The molecule has 0 N–H and O–H groups in total. The first kappa shape index (κ1) is 22.2. The largest absolute Gasteiger partial charge is 0.478 e. The molecule has 0 aliphatic heterocycles. The van der Waals surface area contributed by atoms with Gasteiger partial charge in [0.05, 0.1) is 16.8 Å². The molecular formula is C25H24ClN3O2S. The number of rotatable bonds is 6. The summed E-state index contributed by atoms with van der Waals surface area (Å²) < 4.78 is 7.18. The van der Waals surface area contributed by atoms with Gasteiger partial charge in [0.15, 0.2) is 10.7 Å². The van der Waals surface area contributed by atoms with E-state index in [2.05, 4.69) is 24.0 Å². The normalized spacial score (nSPS) is 11.5. The van der Waals surface area contributed by atoms with Crippen LogP contribution in [0.25, 0.3) is 10.2 Å². The third-order valence-corrected chi connectivity index (χ3v) is 6.64. The average Bonchev–Trinajstić information content (AvgIpc) is 3.23. The zero-order valence-electron chi connectivity index (χ0n) is 18.4. The molecule has 5 nitrogen and oxygen atoms in total. The van der Waals surface area contributed by atoms with Crippen LogP contribution in [0.2, 0.25) is 5.02 Å². The van der Waals surface area contributed by atoms with E-state index in [1.54, 1.807) is 55.4 Å². The average molecular weight is 466 g/mol. The molecule has 0 atom stereocenters. The van der Waals surface area contributed by atoms with Crippen LogP contribution in [-0.4, -0.2) is 21.5 Å². The van der Waals surface area contributed by atoms with Crippen molar-refractivity contribution >= 4 is 44.2 Å². The van der Waals surface area contributed by atoms with E-state index in [9.17, 15) is 4.79 Å². The number of fused-ring (bicyclic) bond motifs is 1. The van der Waals surface area contributed by atoms with Crippen molar-refractivity contribution in [3.8, 4) is 5.75 Å². The monoisotopic (exact) mass is 465 g/mol. The quantitative estimate of drug-likeness (QED) is 0.333. The van der Waals surface area contributed by atoms with Crippen LogP contribution in [-0.2, 0) is 11.3 Å². The maximum Gasteiger partial charge on any atom is 0.272 e. The zero-order valence-corrected chi connectivity index (χ0v) is 20.0. The molecule has 0 spiro atoms. The maximum absolute atomic E-state index is 13.8. The van der Waals surface area contributed by atoms with E-state index in [0.717, 1.165) is 26.9 Å². The van der Waals surface area contributed by atoms with Crippen LogP contribution < -0.4 is 9.64 Å². The highest BCUT2D eigenvalue weighted by molar-refractivity contribution is 7.22. The number of amides is 1. The van der Waals surface area contributed by atoms with E-state index in [0.29, 0.717) is 22.4 Å². The summed E-state index contributed by atoms with van der Waals surface area (Å²) in [7, 11) is 0. The van der Waals surface area contributed by atoms with Crippen LogP contribution in [0.4, 0.5) is 5.13 Å². The van der Waals surface area contributed by atoms with Gasteiger partial charge < -0.3 is 4.74 Å². The van der Waals surface area contributed by atoms with Gasteiger partial charge in [-0.25, -0.2) is 4.98 Å². The van der Waals surface area contributed by atoms with Gasteiger partial charge in [-0.3, -0.25) is 14.7 Å². The molecule has 0 radical (unpaired) electrons. The fourth-order valence-electron chi connectivity index (χ4n) is 3.43. The topological polar surface area (TPSA) is 55.3 Å². The highest BCUT2D eigenvalue weighted by atomic mass is 35.5. The first-order chi connectivity index (χ1) is 15.2. The molecule has 4 rings (SSSR count). The molecule has 2 heterocycles. The Bertz CT molecular complexity index is 1210. The fourth-order valence-corrected chi connectivity index (χ4v) is 4.67. The number of ether oxygens (including phenoxy) is 1. The minimum atomic E-state index is -1.13. The number of benzene rings is 2. The van der Waals surface area contributed by atoms with Gasteiger partial charge in [0.25, 0.3) is 5.91 Å². The molecule has 0 saturated heterocycles. The lowest BCUT2D eigenvalue weighted by molar-refractivity contribution is -0.131. The lowest BCUT2D eigenvalue weighted by Crippen LogP contribution is -2.48. The second-order valence-electron chi connectivity index (χ2n) is 8.19. The van der Waals surface area contributed by atoms with E-state index in [4.69, 9.17) is 21.3 Å². The van der Waals surface area contributed by atoms with Crippen LogP contribution in [0.5, 0.6) is 5.75 Å². The Morgan fingerprint density at radius 1 is 1.09 bits per heavy atom. The van der Waals surface area contributed by atoms with Crippen LogP contribution in [0, 0.1) is 13.8 Å². The summed E-state index contributed by atoms with van der Waals surface area (Å²) in [5.41, 5.74) is 2.93. The standard InChI is InChI=1S/C25H24ClN3O2S/c1-16-7-8-17(2)22-21(16)28-24(32-22)29(15-18-6-5-13-27-14-18)23(30)25(3,4)31-20-11-9-19(26)10-12-20/h5-14H,15H2,1-4H3. The van der Waals surface area contributed by atoms with Gasteiger partial charge in [0.2, 0.25) is 0 Å². The molecule has 0 saturated carbocycles. The van der Waals surface area contributed by atoms with Crippen molar-refractivity contribution in [2.24, 2.45) is 0 Å². The first-order valence-corrected chi connectivity index (χ1v) is 11.5. The number of carbonyl (C=O) groups is 1. The van der Waals surface area contributed by atoms with Gasteiger partial charge >= 0.3 is 0 Å². The number of aromatic nitrogens is 2. The van der Waals surface area contributed by atoms with E-state index in [-0.39, 0.29) is 5.91 Å². The second kappa shape index (κ2) is 8.88. The van der Waals surface area contributed by atoms with Crippen molar-refractivity contribution in [1.29, 1.82) is 0 Å². The van der Waals surface area contributed by atoms with E-state index < -0.39 is 5.60 Å². The van der Waals surface area contributed by atoms with Crippen molar-refractivity contribution in [2.45, 2.75) is 39.8 Å². The molecule has 0 aliphatic rings. The zero-order chi connectivity index (χ0) is 22.9. The van der Waals surface area contributed by atoms with Gasteiger partial charge in [-0.15, -0.1) is 0 Å². The number of nitrogens with zero attached hydrogens (tertiary/aromatic N) is 3.